The number of rotatable bonds is 2. The van der Waals surface area contributed by atoms with Gasteiger partial charge < -0.3 is 9.32 Å². The van der Waals surface area contributed by atoms with Crippen molar-refractivity contribution in [3.8, 4) is 11.5 Å². The van der Waals surface area contributed by atoms with Gasteiger partial charge in [0.15, 0.2) is 5.58 Å². The molecule has 21 heavy (non-hydrogen) atoms. The quantitative estimate of drug-likeness (QED) is 0.684. The van der Waals surface area contributed by atoms with E-state index in [4.69, 9.17) is 16.0 Å². The second kappa shape index (κ2) is 5.08. The zero-order valence-corrected chi connectivity index (χ0v) is 12.3. The van der Waals surface area contributed by atoms with E-state index in [0.29, 0.717) is 10.9 Å². The molecule has 0 aliphatic carbocycles. The summed E-state index contributed by atoms with van der Waals surface area (Å²) in [6.45, 7) is 2.26. The van der Waals surface area contributed by atoms with Crippen molar-refractivity contribution >= 4 is 28.4 Å². The van der Waals surface area contributed by atoms with E-state index in [1.165, 1.54) is 18.5 Å². The topological polar surface area (TPSA) is 29.3 Å². The summed E-state index contributed by atoms with van der Waals surface area (Å²) in [5.41, 5.74) is 3.81. The fourth-order valence-electron chi connectivity index (χ4n) is 2.84. The number of halogens is 1. The second-order valence-corrected chi connectivity index (χ2v) is 5.81. The number of anilines is 1. The number of hydrogen-bond acceptors (Lipinski definition) is 3. The van der Waals surface area contributed by atoms with E-state index in [2.05, 4.69) is 28.1 Å². The van der Waals surface area contributed by atoms with E-state index in [0.717, 1.165) is 29.8 Å². The van der Waals surface area contributed by atoms with Gasteiger partial charge in [-0.15, -0.1) is 0 Å². The molecule has 0 amide bonds. The zero-order valence-electron chi connectivity index (χ0n) is 11.6. The Kier molecular flexibility index (Phi) is 3.08. The van der Waals surface area contributed by atoms with Gasteiger partial charge in [0.1, 0.15) is 5.52 Å². The Morgan fingerprint density at radius 2 is 1.90 bits per heavy atom. The van der Waals surface area contributed by atoms with Gasteiger partial charge in [0.2, 0.25) is 5.89 Å². The Morgan fingerprint density at radius 1 is 1.05 bits per heavy atom. The van der Waals surface area contributed by atoms with Crippen molar-refractivity contribution in [3.63, 3.8) is 0 Å². The van der Waals surface area contributed by atoms with Crippen LogP contribution in [0.1, 0.15) is 12.8 Å². The summed E-state index contributed by atoms with van der Waals surface area (Å²) < 4.78 is 5.84. The van der Waals surface area contributed by atoms with Crippen molar-refractivity contribution in [2.45, 2.75) is 12.8 Å². The predicted octanol–water partition coefficient (Wildman–Crippen LogP) is 4.75. The summed E-state index contributed by atoms with van der Waals surface area (Å²) in [4.78, 5) is 6.95. The molecule has 4 rings (SSSR count). The molecule has 2 heterocycles. The van der Waals surface area contributed by atoms with Gasteiger partial charge in [-0.2, -0.15) is 0 Å². The molecule has 0 radical (unpaired) electrons. The van der Waals surface area contributed by atoms with Crippen LogP contribution in [0, 0.1) is 0 Å². The Bertz CT molecular complexity index is 790. The monoisotopic (exact) mass is 298 g/mol. The standard InChI is InChI=1S/C17H15ClN2O/c18-13-6-7-16-15(11-13)19-17(21-16)12-4-3-5-14(10-12)20-8-1-2-9-20/h3-7,10-11H,1-2,8-9H2. The fraction of sp³-hybridized carbons (Fsp3) is 0.235. The molecule has 0 bridgehead atoms. The third kappa shape index (κ3) is 2.38. The Labute approximate surface area is 128 Å². The average molecular weight is 299 g/mol. The van der Waals surface area contributed by atoms with Crippen LogP contribution in [0.15, 0.2) is 46.9 Å². The maximum absolute atomic E-state index is 6.00. The van der Waals surface area contributed by atoms with Crippen LogP contribution in [0.3, 0.4) is 0 Å². The van der Waals surface area contributed by atoms with E-state index >= 15 is 0 Å². The molecular weight excluding hydrogens is 284 g/mol. The van der Waals surface area contributed by atoms with Gasteiger partial charge in [-0.05, 0) is 49.2 Å². The third-order valence-corrected chi connectivity index (χ3v) is 4.15. The molecule has 0 unspecified atom stereocenters. The first-order valence-corrected chi connectivity index (χ1v) is 7.59. The Balaban J connectivity index is 1.75. The maximum atomic E-state index is 6.00. The highest BCUT2D eigenvalue weighted by atomic mass is 35.5. The first-order valence-electron chi connectivity index (χ1n) is 7.21. The lowest BCUT2D eigenvalue weighted by molar-refractivity contribution is 0.620. The van der Waals surface area contributed by atoms with Gasteiger partial charge in [0.25, 0.3) is 0 Å². The van der Waals surface area contributed by atoms with Gasteiger partial charge >= 0.3 is 0 Å². The molecular formula is C17H15ClN2O. The normalized spacial score (nSPS) is 15.0. The van der Waals surface area contributed by atoms with Crippen molar-refractivity contribution in [2.24, 2.45) is 0 Å². The molecule has 3 nitrogen and oxygen atoms in total. The number of aromatic nitrogens is 1. The minimum absolute atomic E-state index is 0.647. The molecule has 2 aromatic carbocycles. The van der Waals surface area contributed by atoms with Gasteiger partial charge in [-0.25, -0.2) is 4.98 Å². The molecule has 0 spiro atoms. The molecule has 106 valence electrons. The van der Waals surface area contributed by atoms with Crippen LogP contribution in [0.5, 0.6) is 0 Å². The molecule has 0 N–H and O–H groups in total. The van der Waals surface area contributed by atoms with Crippen molar-refractivity contribution in [1.82, 2.24) is 4.98 Å². The second-order valence-electron chi connectivity index (χ2n) is 5.38. The van der Waals surface area contributed by atoms with Crippen molar-refractivity contribution in [1.29, 1.82) is 0 Å². The lowest BCUT2D eigenvalue weighted by Crippen LogP contribution is -2.17. The van der Waals surface area contributed by atoms with Crippen LogP contribution in [0.25, 0.3) is 22.6 Å². The van der Waals surface area contributed by atoms with Gasteiger partial charge in [-0.1, -0.05) is 17.7 Å². The van der Waals surface area contributed by atoms with E-state index < -0.39 is 0 Å². The van der Waals surface area contributed by atoms with E-state index in [1.54, 1.807) is 0 Å². The molecule has 1 aliphatic heterocycles. The first kappa shape index (κ1) is 12.7. The fourth-order valence-corrected chi connectivity index (χ4v) is 3.00. The van der Waals surface area contributed by atoms with E-state index in [9.17, 15) is 0 Å². The SMILES string of the molecule is Clc1ccc2oc(-c3cccc(N4CCCC4)c3)nc2c1. The van der Waals surface area contributed by atoms with Crippen molar-refractivity contribution in [2.75, 3.05) is 18.0 Å². The number of hydrogen-bond donors (Lipinski definition) is 0. The minimum Gasteiger partial charge on any atom is -0.436 e. The van der Waals surface area contributed by atoms with Crippen molar-refractivity contribution in [3.05, 3.63) is 47.5 Å². The first-order chi connectivity index (χ1) is 10.3. The number of nitrogens with zero attached hydrogens (tertiary/aromatic N) is 2. The van der Waals surface area contributed by atoms with Crippen LogP contribution in [-0.4, -0.2) is 18.1 Å². The lowest BCUT2D eigenvalue weighted by Gasteiger charge is -2.17. The van der Waals surface area contributed by atoms with Crippen LogP contribution < -0.4 is 4.90 Å². The Morgan fingerprint density at radius 3 is 2.76 bits per heavy atom. The third-order valence-electron chi connectivity index (χ3n) is 3.91. The zero-order chi connectivity index (χ0) is 14.2. The number of oxazole rings is 1. The summed E-state index contributed by atoms with van der Waals surface area (Å²) in [6, 6.07) is 13.9. The Hall–Kier alpha value is -2.00. The summed E-state index contributed by atoms with van der Waals surface area (Å²) in [5, 5.41) is 0.674. The number of benzene rings is 2. The highest BCUT2D eigenvalue weighted by Crippen LogP contribution is 2.29. The summed E-state index contributed by atoms with van der Waals surface area (Å²) in [6.07, 6.45) is 2.54. The highest BCUT2D eigenvalue weighted by Gasteiger charge is 2.14. The largest absolute Gasteiger partial charge is 0.436 e. The average Bonchev–Trinajstić information content (AvgIpc) is 3.16. The van der Waals surface area contributed by atoms with Crippen LogP contribution in [-0.2, 0) is 0 Å². The molecule has 3 aromatic rings. The summed E-state index contributed by atoms with van der Waals surface area (Å²) >= 11 is 6.00. The van der Waals surface area contributed by atoms with Gasteiger partial charge in [-0.3, -0.25) is 0 Å². The molecule has 0 atom stereocenters. The van der Waals surface area contributed by atoms with Crippen LogP contribution in [0.2, 0.25) is 5.02 Å². The predicted molar refractivity (Wildman–Crippen MR) is 85.9 cm³/mol. The smallest absolute Gasteiger partial charge is 0.227 e. The van der Waals surface area contributed by atoms with Gasteiger partial charge in [0.05, 0.1) is 0 Å². The summed E-state index contributed by atoms with van der Waals surface area (Å²) in [5.74, 6) is 0.647. The van der Waals surface area contributed by atoms with Crippen molar-refractivity contribution < 1.29 is 4.42 Å². The van der Waals surface area contributed by atoms with Gasteiger partial charge in [0, 0.05) is 29.4 Å². The molecule has 1 fully saturated rings. The molecule has 1 aliphatic rings. The van der Waals surface area contributed by atoms with Crippen LogP contribution >= 0.6 is 11.6 Å². The van der Waals surface area contributed by atoms with Crippen LogP contribution in [0.4, 0.5) is 5.69 Å². The lowest BCUT2D eigenvalue weighted by atomic mass is 10.2. The molecule has 1 saturated heterocycles. The minimum atomic E-state index is 0.647. The van der Waals surface area contributed by atoms with E-state index in [1.807, 2.05) is 24.3 Å². The summed E-state index contributed by atoms with van der Waals surface area (Å²) in [7, 11) is 0. The number of fused-ring (bicyclic) bond motifs is 1. The molecule has 1 aromatic heterocycles. The van der Waals surface area contributed by atoms with E-state index in [-0.39, 0.29) is 0 Å². The maximum Gasteiger partial charge on any atom is 0.227 e. The highest BCUT2D eigenvalue weighted by molar-refractivity contribution is 6.31. The molecule has 4 heteroatoms. The molecule has 0 saturated carbocycles.